The van der Waals surface area contributed by atoms with Crippen molar-refractivity contribution >= 4 is 42.3 Å². The average Bonchev–Trinajstić information content (AvgIpc) is 2.77. The van der Waals surface area contributed by atoms with E-state index in [-0.39, 0.29) is 0 Å². The molecular formula is C17H12S. The van der Waals surface area contributed by atoms with Gasteiger partial charge in [-0.2, -0.15) is 0 Å². The van der Waals surface area contributed by atoms with Crippen LogP contribution in [0.3, 0.4) is 0 Å². The highest BCUT2D eigenvalue weighted by atomic mass is 32.1. The number of rotatable bonds is 0. The predicted molar refractivity (Wildman–Crippen MR) is 81.6 cm³/mol. The van der Waals surface area contributed by atoms with Crippen LogP contribution in [0.25, 0.3) is 30.9 Å². The van der Waals surface area contributed by atoms with Gasteiger partial charge in [0.1, 0.15) is 0 Å². The van der Waals surface area contributed by atoms with E-state index in [2.05, 4.69) is 61.5 Å². The molecule has 86 valence electrons. The lowest BCUT2D eigenvalue weighted by atomic mass is 10.0. The van der Waals surface area contributed by atoms with Crippen LogP contribution in [0.5, 0.6) is 0 Å². The summed E-state index contributed by atoms with van der Waals surface area (Å²) in [6.07, 6.45) is 0. The fraction of sp³-hybridized carbons (Fsp3) is 0.0588. The molecule has 1 aromatic heterocycles. The van der Waals surface area contributed by atoms with Gasteiger partial charge in [-0.25, -0.2) is 0 Å². The summed E-state index contributed by atoms with van der Waals surface area (Å²) in [5, 5.41) is 5.52. The van der Waals surface area contributed by atoms with E-state index in [0.717, 1.165) is 0 Å². The lowest BCUT2D eigenvalue weighted by Crippen LogP contribution is -1.77. The van der Waals surface area contributed by atoms with E-state index in [1.807, 2.05) is 11.3 Å². The van der Waals surface area contributed by atoms with Gasteiger partial charge in [-0.1, -0.05) is 48.5 Å². The van der Waals surface area contributed by atoms with Crippen LogP contribution in [0.1, 0.15) is 5.56 Å². The third kappa shape index (κ3) is 1.25. The topological polar surface area (TPSA) is 0 Å². The van der Waals surface area contributed by atoms with E-state index in [1.54, 1.807) is 0 Å². The first kappa shape index (κ1) is 10.1. The lowest BCUT2D eigenvalue weighted by Gasteiger charge is -2.03. The molecule has 3 aromatic carbocycles. The van der Waals surface area contributed by atoms with E-state index < -0.39 is 0 Å². The highest BCUT2D eigenvalue weighted by molar-refractivity contribution is 7.26. The van der Waals surface area contributed by atoms with Gasteiger partial charge in [-0.15, -0.1) is 11.3 Å². The van der Waals surface area contributed by atoms with Crippen molar-refractivity contribution in [3.8, 4) is 0 Å². The third-order valence-corrected chi connectivity index (χ3v) is 4.80. The SMILES string of the molecule is Cc1cccc2ccc3c4ccccc4sc3c12. The third-order valence-electron chi connectivity index (χ3n) is 3.60. The summed E-state index contributed by atoms with van der Waals surface area (Å²) in [4.78, 5) is 0. The lowest BCUT2D eigenvalue weighted by molar-refractivity contribution is 1.55. The van der Waals surface area contributed by atoms with E-state index >= 15 is 0 Å². The van der Waals surface area contributed by atoms with Crippen LogP contribution >= 0.6 is 11.3 Å². The van der Waals surface area contributed by atoms with Gasteiger partial charge >= 0.3 is 0 Å². The van der Waals surface area contributed by atoms with Crippen molar-refractivity contribution in [1.29, 1.82) is 0 Å². The van der Waals surface area contributed by atoms with Crippen molar-refractivity contribution in [2.24, 2.45) is 0 Å². The summed E-state index contributed by atoms with van der Waals surface area (Å²) in [6.45, 7) is 2.20. The van der Waals surface area contributed by atoms with Crippen LogP contribution < -0.4 is 0 Å². The van der Waals surface area contributed by atoms with Crippen molar-refractivity contribution in [2.75, 3.05) is 0 Å². The zero-order valence-corrected chi connectivity index (χ0v) is 10.9. The zero-order chi connectivity index (χ0) is 12.1. The molecular weight excluding hydrogens is 236 g/mol. The van der Waals surface area contributed by atoms with E-state index in [0.29, 0.717) is 0 Å². The van der Waals surface area contributed by atoms with Gasteiger partial charge < -0.3 is 0 Å². The molecule has 0 bridgehead atoms. The maximum atomic E-state index is 2.26. The number of benzene rings is 3. The molecule has 1 heteroatoms. The summed E-state index contributed by atoms with van der Waals surface area (Å²) >= 11 is 1.91. The van der Waals surface area contributed by atoms with Crippen molar-refractivity contribution in [3.05, 3.63) is 60.2 Å². The normalized spacial score (nSPS) is 11.6. The maximum Gasteiger partial charge on any atom is 0.0436 e. The Balaban J connectivity index is 2.35. The molecule has 0 amide bonds. The molecule has 1 heterocycles. The molecule has 0 saturated heterocycles. The standard InChI is InChI=1S/C17H12S/c1-11-5-4-6-12-9-10-14-13-7-2-3-8-15(13)18-17(14)16(11)12/h2-10H,1H3. The Morgan fingerprint density at radius 2 is 1.67 bits per heavy atom. The maximum absolute atomic E-state index is 2.26. The molecule has 0 fully saturated rings. The second-order valence-electron chi connectivity index (χ2n) is 4.71. The van der Waals surface area contributed by atoms with Gasteiger partial charge in [0.2, 0.25) is 0 Å². The summed E-state index contributed by atoms with van der Waals surface area (Å²) in [7, 11) is 0. The van der Waals surface area contributed by atoms with Gasteiger partial charge in [0.25, 0.3) is 0 Å². The molecule has 0 unspecified atom stereocenters. The fourth-order valence-electron chi connectivity index (χ4n) is 2.73. The summed E-state index contributed by atoms with van der Waals surface area (Å²) in [6, 6.07) is 19.7. The van der Waals surface area contributed by atoms with Crippen LogP contribution in [-0.2, 0) is 0 Å². The van der Waals surface area contributed by atoms with Crippen LogP contribution in [0, 0.1) is 6.92 Å². The van der Waals surface area contributed by atoms with Gasteiger partial charge in [0, 0.05) is 25.6 Å². The fourth-order valence-corrected chi connectivity index (χ4v) is 4.05. The van der Waals surface area contributed by atoms with Gasteiger partial charge in [-0.3, -0.25) is 0 Å². The Kier molecular flexibility index (Phi) is 2.00. The summed E-state index contributed by atoms with van der Waals surface area (Å²) < 4.78 is 2.80. The van der Waals surface area contributed by atoms with E-state index in [1.165, 1.54) is 36.5 Å². The molecule has 0 atom stereocenters. The largest absolute Gasteiger partial charge is 0.135 e. The minimum absolute atomic E-state index is 1.34. The first-order valence-corrected chi connectivity index (χ1v) is 6.96. The molecule has 0 aliphatic heterocycles. The minimum Gasteiger partial charge on any atom is -0.135 e. The second-order valence-corrected chi connectivity index (χ2v) is 5.77. The van der Waals surface area contributed by atoms with Gasteiger partial charge in [0.15, 0.2) is 0 Å². The summed E-state index contributed by atoms with van der Waals surface area (Å²) in [5.41, 5.74) is 1.37. The molecule has 0 saturated carbocycles. The van der Waals surface area contributed by atoms with Gasteiger partial charge in [-0.05, 0) is 23.9 Å². The number of hydrogen-bond donors (Lipinski definition) is 0. The molecule has 18 heavy (non-hydrogen) atoms. The molecule has 0 nitrogen and oxygen atoms in total. The molecule has 4 rings (SSSR count). The van der Waals surface area contributed by atoms with Crippen LogP contribution in [0.4, 0.5) is 0 Å². The Labute approximate surface area is 109 Å². The first-order chi connectivity index (χ1) is 8.84. The summed E-state index contributed by atoms with van der Waals surface area (Å²) in [5.74, 6) is 0. The smallest absolute Gasteiger partial charge is 0.0436 e. The molecule has 0 radical (unpaired) electrons. The Bertz CT molecular complexity index is 884. The highest BCUT2D eigenvalue weighted by Gasteiger charge is 2.08. The zero-order valence-electron chi connectivity index (χ0n) is 10.1. The molecule has 0 N–H and O–H groups in total. The van der Waals surface area contributed by atoms with Gasteiger partial charge in [0.05, 0.1) is 0 Å². The van der Waals surface area contributed by atoms with E-state index in [9.17, 15) is 0 Å². The predicted octanol–water partition coefficient (Wildman–Crippen LogP) is 5.52. The van der Waals surface area contributed by atoms with Crippen molar-refractivity contribution in [3.63, 3.8) is 0 Å². The van der Waals surface area contributed by atoms with Crippen molar-refractivity contribution in [1.82, 2.24) is 0 Å². The van der Waals surface area contributed by atoms with Crippen LogP contribution in [0.15, 0.2) is 54.6 Å². The number of thiophene rings is 1. The first-order valence-electron chi connectivity index (χ1n) is 6.14. The highest BCUT2D eigenvalue weighted by Crippen LogP contribution is 2.39. The molecule has 0 aliphatic rings. The second kappa shape index (κ2) is 3.56. The van der Waals surface area contributed by atoms with Crippen molar-refractivity contribution < 1.29 is 0 Å². The number of fused-ring (bicyclic) bond motifs is 5. The number of hydrogen-bond acceptors (Lipinski definition) is 1. The minimum atomic E-state index is 1.34. The Morgan fingerprint density at radius 3 is 2.61 bits per heavy atom. The number of aryl methyl sites for hydroxylation is 1. The molecule has 0 aliphatic carbocycles. The molecule has 4 aromatic rings. The average molecular weight is 248 g/mol. The van der Waals surface area contributed by atoms with E-state index in [4.69, 9.17) is 0 Å². The quantitative estimate of drug-likeness (QED) is 0.384. The molecule has 0 spiro atoms. The Hall–Kier alpha value is -1.86. The van der Waals surface area contributed by atoms with Crippen molar-refractivity contribution in [2.45, 2.75) is 6.92 Å². The van der Waals surface area contributed by atoms with Crippen LogP contribution in [0.2, 0.25) is 0 Å². The monoisotopic (exact) mass is 248 g/mol. The Morgan fingerprint density at radius 1 is 0.778 bits per heavy atom. The van der Waals surface area contributed by atoms with Crippen LogP contribution in [-0.4, -0.2) is 0 Å².